The third-order valence-corrected chi connectivity index (χ3v) is 9.09. The number of carbonyl (C=O) groups is 1. The Hall–Kier alpha value is -4.11. The van der Waals surface area contributed by atoms with Gasteiger partial charge in [0.15, 0.2) is 17.6 Å². The van der Waals surface area contributed by atoms with Gasteiger partial charge in [-0.15, -0.1) is 0 Å². The number of nitrogens with one attached hydrogen (secondary N) is 1. The van der Waals surface area contributed by atoms with Gasteiger partial charge in [0.1, 0.15) is 42.6 Å². The van der Waals surface area contributed by atoms with Crippen molar-refractivity contribution in [1.29, 1.82) is 0 Å². The van der Waals surface area contributed by atoms with Gasteiger partial charge < -0.3 is 54.0 Å². The van der Waals surface area contributed by atoms with Crippen LogP contribution in [0.1, 0.15) is 49.0 Å². The zero-order chi connectivity index (χ0) is 34.8. The molecule has 0 spiro atoms. The molecule has 6 N–H and O–H groups in total. The van der Waals surface area contributed by atoms with E-state index in [2.05, 4.69) is 19.2 Å². The first-order chi connectivity index (χ1) is 23.6. The lowest BCUT2D eigenvalue weighted by Gasteiger charge is -2.38. The van der Waals surface area contributed by atoms with Crippen LogP contribution in [0.3, 0.4) is 0 Å². The van der Waals surface area contributed by atoms with Crippen molar-refractivity contribution >= 4 is 5.97 Å². The molecule has 3 aromatic carbocycles. The van der Waals surface area contributed by atoms with Gasteiger partial charge in [-0.3, -0.25) is 5.32 Å². The Morgan fingerprint density at radius 1 is 1.04 bits per heavy atom. The molecule has 0 unspecified atom stereocenters. The number of aliphatic hydroxyl groups is 4. The molecule has 6 rings (SSSR count). The van der Waals surface area contributed by atoms with Crippen molar-refractivity contribution in [2.75, 3.05) is 33.6 Å². The highest BCUT2D eigenvalue weighted by Gasteiger charge is 2.49. The van der Waals surface area contributed by atoms with E-state index in [1.165, 1.54) is 0 Å². The van der Waals surface area contributed by atoms with Crippen LogP contribution in [0.2, 0.25) is 0 Å². The van der Waals surface area contributed by atoms with Crippen molar-refractivity contribution in [2.45, 2.75) is 69.4 Å². The lowest BCUT2D eigenvalue weighted by molar-refractivity contribution is -0.271. The molecule has 0 amide bonds. The number of aliphatic hydroxyl groups excluding tert-OH is 4. The maximum atomic E-state index is 11.7. The summed E-state index contributed by atoms with van der Waals surface area (Å²) in [7, 11) is 1.56. The van der Waals surface area contributed by atoms with Crippen molar-refractivity contribution in [3.8, 4) is 39.9 Å². The molecule has 3 aliphatic rings. The topological polar surface area (TPSA) is 186 Å². The highest BCUT2D eigenvalue weighted by molar-refractivity contribution is 5.75. The molecular formula is C36H43NO12. The standard InChI is InChI=1S/C36H43NO12/c1-18(2)9-11-37-17-46-25-13-20(10-12-38)26-23-16-45-24-15-21(47-36-30(41)28(39)29(40)34(49-36)35(42)43)14-22(19-7-5-4-6-8-19)27(24)31(23)48-33(26)32(25)44-3/h4-8,13-15,18,23,28-31,34,36-41H,9-12,16-17H2,1-3H3,(H,42,43)/t23-,28-,29-,30+,31+,34-,36+/m0/s1. The second kappa shape index (κ2) is 14.8. The number of carboxylic acid groups (broad SMARTS) is 1. The number of rotatable bonds is 13. The molecule has 0 aromatic heterocycles. The van der Waals surface area contributed by atoms with Crippen LogP contribution in [-0.2, 0) is 16.0 Å². The van der Waals surface area contributed by atoms with Gasteiger partial charge in [-0.2, -0.15) is 0 Å². The van der Waals surface area contributed by atoms with E-state index in [1.807, 2.05) is 36.4 Å². The number of benzene rings is 3. The minimum atomic E-state index is -1.85. The van der Waals surface area contributed by atoms with E-state index >= 15 is 0 Å². The third-order valence-electron chi connectivity index (χ3n) is 9.09. The summed E-state index contributed by atoms with van der Waals surface area (Å²) in [6.45, 7) is 5.52. The highest BCUT2D eigenvalue weighted by atomic mass is 16.7. The van der Waals surface area contributed by atoms with Crippen LogP contribution in [0.5, 0.6) is 28.7 Å². The first-order valence-corrected chi connectivity index (χ1v) is 16.4. The van der Waals surface area contributed by atoms with Crippen molar-refractivity contribution in [3.63, 3.8) is 0 Å². The second-order valence-electron chi connectivity index (χ2n) is 12.8. The van der Waals surface area contributed by atoms with Crippen LogP contribution in [-0.4, -0.2) is 95.8 Å². The monoisotopic (exact) mass is 681 g/mol. The van der Waals surface area contributed by atoms with Gasteiger partial charge in [-0.1, -0.05) is 44.2 Å². The minimum absolute atomic E-state index is 0.0841. The maximum absolute atomic E-state index is 11.7. The fraction of sp³-hybridized carbons (Fsp3) is 0.472. The number of methoxy groups -OCH3 is 1. The van der Waals surface area contributed by atoms with E-state index in [9.17, 15) is 30.3 Å². The number of carboxylic acids is 1. The van der Waals surface area contributed by atoms with E-state index in [0.717, 1.165) is 35.2 Å². The van der Waals surface area contributed by atoms with E-state index in [0.29, 0.717) is 40.9 Å². The van der Waals surface area contributed by atoms with Gasteiger partial charge in [0, 0.05) is 23.8 Å². The van der Waals surface area contributed by atoms with Crippen molar-refractivity contribution in [3.05, 3.63) is 65.2 Å². The van der Waals surface area contributed by atoms with Gasteiger partial charge >= 0.3 is 5.97 Å². The average Bonchev–Trinajstić information content (AvgIpc) is 3.48. The molecule has 13 nitrogen and oxygen atoms in total. The first kappa shape index (κ1) is 34.7. The Kier molecular flexibility index (Phi) is 10.5. The smallest absolute Gasteiger partial charge is 0.335 e. The minimum Gasteiger partial charge on any atom is -0.492 e. The number of aliphatic carboxylic acids is 1. The van der Waals surface area contributed by atoms with Gasteiger partial charge in [-0.25, -0.2) is 4.79 Å². The average molecular weight is 682 g/mol. The Labute approximate surface area is 283 Å². The van der Waals surface area contributed by atoms with Crippen molar-refractivity contribution in [2.24, 2.45) is 5.92 Å². The molecule has 49 heavy (non-hydrogen) atoms. The molecule has 0 radical (unpaired) electrons. The summed E-state index contributed by atoms with van der Waals surface area (Å²) >= 11 is 0. The predicted molar refractivity (Wildman–Crippen MR) is 175 cm³/mol. The van der Waals surface area contributed by atoms with Crippen LogP contribution in [0.4, 0.5) is 0 Å². The molecule has 0 bridgehead atoms. The Morgan fingerprint density at radius 3 is 2.51 bits per heavy atom. The summed E-state index contributed by atoms with van der Waals surface area (Å²) in [4.78, 5) is 11.7. The molecule has 7 atom stereocenters. The Morgan fingerprint density at radius 2 is 1.82 bits per heavy atom. The summed E-state index contributed by atoms with van der Waals surface area (Å²) in [5, 5.41) is 53.9. The van der Waals surface area contributed by atoms with Crippen LogP contribution in [0.15, 0.2) is 48.5 Å². The molecule has 1 fully saturated rings. The SMILES string of the molecule is COc1c(OCNCCC(C)C)cc(CCO)c2c1O[C@H]1c3c(cc(O[C@@H]4O[C@H](C(=O)O)[C@@H](O)[C@H](O)[C@H]4O)cc3-c3ccccc3)OC[C@@H]21. The largest absolute Gasteiger partial charge is 0.492 e. The molecule has 0 aliphatic carbocycles. The van der Waals surface area contributed by atoms with Crippen molar-refractivity contribution < 1.29 is 58.7 Å². The molecule has 3 aromatic rings. The molecular weight excluding hydrogens is 638 g/mol. The summed E-state index contributed by atoms with van der Waals surface area (Å²) < 4.78 is 36.4. The molecule has 13 heteroatoms. The normalized spacial score (nSPS) is 25.4. The first-order valence-electron chi connectivity index (χ1n) is 16.4. The van der Waals surface area contributed by atoms with E-state index in [1.54, 1.807) is 19.2 Å². The number of hydrogen-bond donors (Lipinski definition) is 6. The lowest BCUT2D eigenvalue weighted by atomic mass is 9.83. The fourth-order valence-corrected chi connectivity index (χ4v) is 6.62. The van der Waals surface area contributed by atoms with E-state index < -0.39 is 42.8 Å². The molecule has 3 heterocycles. The van der Waals surface area contributed by atoms with E-state index in [-0.39, 0.29) is 31.6 Å². The zero-order valence-electron chi connectivity index (χ0n) is 27.6. The number of fused-ring (bicyclic) bond motifs is 5. The number of ether oxygens (including phenoxy) is 6. The van der Waals surface area contributed by atoms with Gasteiger partial charge in [0.05, 0.1) is 19.6 Å². The summed E-state index contributed by atoms with van der Waals surface area (Å²) in [5.74, 6) is 0.832. The highest BCUT2D eigenvalue weighted by Crippen LogP contribution is 2.59. The summed E-state index contributed by atoms with van der Waals surface area (Å²) in [5.41, 5.74) is 3.94. The Balaban J connectivity index is 1.37. The summed E-state index contributed by atoms with van der Waals surface area (Å²) in [6, 6.07) is 14.7. The fourth-order valence-electron chi connectivity index (χ4n) is 6.62. The summed E-state index contributed by atoms with van der Waals surface area (Å²) in [6.07, 6.45) is -7.98. The molecule has 264 valence electrons. The predicted octanol–water partition coefficient (Wildman–Crippen LogP) is 2.75. The van der Waals surface area contributed by atoms with Gasteiger partial charge in [0.25, 0.3) is 0 Å². The van der Waals surface area contributed by atoms with Gasteiger partial charge in [0.2, 0.25) is 12.0 Å². The van der Waals surface area contributed by atoms with Crippen LogP contribution < -0.4 is 29.0 Å². The van der Waals surface area contributed by atoms with Crippen LogP contribution >= 0.6 is 0 Å². The molecule has 3 aliphatic heterocycles. The van der Waals surface area contributed by atoms with Crippen LogP contribution in [0, 0.1) is 5.92 Å². The quantitative estimate of drug-likeness (QED) is 0.114. The van der Waals surface area contributed by atoms with Gasteiger partial charge in [-0.05, 0) is 54.1 Å². The van der Waals surface area contributed by atoms with E-state index in [4.69, 9.17) is 28.4 Å². The lowest BCUT2D eigenvalue weighted by Crippen LogP contribution is -2.61. The van der Waals surface area contributed by atoms with Crippen LogP contribution in [0.25, 0.3) is 11.1 Å². The number of hydrogen-bond acceptors (Lipinski definition) is 12. The third kappa shape index (κ3) is 6.87. The second-order valence-corrected chi connectivity index (χ2v) is 12.8. The van der Waals surface area contributed by atoms with Crippen molar-refractivity contribution in [1.82, 2.24) is 5.32 Å². The Bertz CT molecular complexity index is 1630. The maximum Gasteiger partial charge on any atom is 0.335 e. The molecule has 0 saturated carbocycles. The zero-order valence-corrected chi connectivity index (χ0v) is 27.6. The molecule has 1 saturated heterocycles.